The maximum absolute atomic E-state index is 12.8. The normalized spacial score (nSPS) is 12.5. The molecule has 1 atom stereocenters. The van der Waals surface area contributed by atoms with Gasteiger partial charge in [-0.25, -0.2) is 4.39 Å². The fourth-order valence-electron chi connectivity index (χ4n) is 1.33. The maximum Gasteiger partial charge on any atom is 0.123 e. The molecule has 0 aliphatic rings. The molecular weight excluding hydrogens is 209 g/mol. The molecule has 1 unspecified atom stereocenters. The minimum atomic E-state index is -0.551. The van der Waals surface area contributed by atoms with Crippen molar-refractivity contribution in [3.8, 4) is 5.75 Å². The van der Waals surface area contributed by atoms with E-state index in [9.17, 15) is 9.50 Å². The molecule has 0 aliphatic carbocycles. The molecule has 0 saturated carbocycles. The number of aliphatic hydroxyl groups excluding tert-OH is 1. The number of halogens is 1. The van der Waals surface area contributed by atoms with Crippen molar-refractivity contribution in [2.45, 2.75) is 20.0 Å². The average Bonchev–Trinajstić information content (AvgIpc) is 2.25. The Morgan fingerprint density at radius 1 is 1.50 bits per heavy atom. The first-order valence-electron chi connectivity index (χ1n) is 5.41. The summed E-state index contributed by atoms with van der Waals surface area (Å²) in [5.74, 6) is 0.329. The number of hydrogen-bond donors (Lipinski definition) is 2. The highest BCUT2D eigenvalue weighted by atomic mass is 19.1. The lowest BCUT2D eigenvalue weighted by Gasteiger charge is -2.13. The van der Waals surface area contributed by atoms with Crippen LogP contribution in [0, 0.1) is 12.7 Å². The van der Waals surface area contributed by atoms with Gasteiger partial charge in [0, 0.05) is 6.54 Å². The minimum absolute atomic E-state index is 0.208. The molecule has 0 aliphatic heterocycles. The Kier molecular flexibility index (Phi) is 5.22. The lowest BCUT2D eigenvalue weighted by Crippen LogP contribution is -2.31. The molecule has 2 N–H and O–H groups in total. The van der Waals surface area contributed by atoms with Crippen LogP contribution in [-0.4, -0.2) is 30.9 Å². The molecule has 0 fully saturated rings. The summed E-state index contributed by atoms with van der Waals surface area (Å²) in [7, 11) is 0. The van der Waals surface area contributed by atoms with Crippen LogP contribution in [0.4, 0.5) is 4.39 Å². The molecule has 3 nitrogen and oxygen atoms in total. The van der Waals surface area contributed by atoms with Crippen molar-refractivity contribution in [3.05, 3.63) is 29.6 Å². The fraction of sp³-hybridized carbons (Fsp3) is 0.500. The van der Waals surface area contributed by atoms with Crippen molar-refractivity contribution in [2.75, 3.05) is 19.7 Å². The lowest BCUT2D eigenvalue weighted by molar-refractivity contribution is 0.106. The van der Waals surface area contributed by atoms with Gasteiger partial charge in [-0.1, -0.05) is 6.92 Å². The molecule has 4 heteroatoms. The van der Waals surface area contributed by atoms with E-state index in [0.717, 1.165) is 12.1 Å². The Labute approximate surface area is 95.2 Å². The molecule has 0 amide bonds. The third kappa shape index (κ3) is 4.16. The predicted octanol–water partition coefficient (Wildman–Crippen LogP) is 1.48. The topological polar surface area (TPSA) is 41.5 Å². The van der Waals surface area contributed by atoms with E-state index in [0.29, 0.717) is 12.3 Å². The highest BCUT2D eigenvalue weighted by Crippen LogP contribution is 2.18. The van der Waals surface area contributed by atoms with E-state index in [2.05, 4.69) is 5.32 Å². The molecule has 0 spiro atoms. The first kappa shape index (κ1) is 12.9. The average molecular weight is 227 g/mol. The van der Waals surface area contributed by atoms with Gasteiger partial charge in [0.15, 0.2) is 0 Å². The highest BCUT2D eigenvalue weighted by Gasteiger charge is 2.06. The van der Waals surface area contributed by atoms with Crippen molar-refractivity contribution >= 4 is 0 Å². The van der Waals surface area contributed by atoms with Crippen molar-refractivity contribution < 1.29 is 14.2 Å². The van der Waals surface area contributed by atoms with Crippen molar-refractivity contribution in [1.82, 2.24) is 5.32 Å². The predicted molar refractivity (Wildman–Crippen MR) is 61.2 cm³/mol. The van der Waals surface area contributed by atoms with E-state index in [1.165, 1.54) is 12.1 Å². The number of likely N-dealkylation sites (N-methyl/N-ethyl adjacent to an activating group) is 1. The summed E-state index contributed by atoms with van der Waals surface area (Å²) in [6, 6.07) is 4.33. The van der Waals surface area contributed by atoms with E-state index in [1.54, 1.807) is 13.0 Å². The standard InChI is InChI=1S/C12H18FNO2/c1-3-14-7-11(15)8-16-12-5-4-10(13)6-9(12)2/h4-6,11,14-15H,3,7-8H2,1-2H3. The first-order chi connectivity index (χ1) is 7.63. The van der Waals surface area contributed by atoms with Crippen LogP contribution in [0.3, 0.4) is 0 Å². The van der Waals surface area contributed by atoms with E-state index < -0.39 is 6.10 Å². The van der Waals surface area contributed by atoms with Gasteiger partial charge in [-0.15, -0.1) is 0 Å². The second-order valence-corrected chi connectivity index (χ2v) is 3.68. The molecule has 90 valence electrons. The van der Waals surface area contributed by atoms with Crippen LogP contribution >= 0.6 is 0 Å². The van der Waals surface area contributed by atoms with E-state index in [4.69, 9.17) is 4.74 Å². The quantitative estimate of drug-likeness (QED) is 0.773. The number of benzene rings is 1. The van der Waals surface area contributed by atoms with Gasteiger partial charge in [-0.3, -0.25) is 0 Å². The molecule has 1 rings (SSSR count). The summed E-state index contributed by atoms with van der Waals surface area (Å²) >= 11 is 0. The Hall–Kier alpha value is -1.13. The molecule has 0 bridgehead atoms. The molecule has 0 heterocycles. The van der Waals surface area contributed by atoms with Gasteiger partial charge < -0.3 is 15.2 Å². The van der Waals surface area contributed by atoms with Crippen molar-refractivity contribution in [1.29, 1.82) is 0 Å². The number of hydrogen-bond acceptors (Lipinski definition) is 3. The fourth-order valence-corrected chi connectivity index (χ4v) is 1.33. The number of nitrogens with one attached hydrogen (secondary N) is 1. The zero-order valence-electron chi connectivity index (χ0n) is 9.66. The Morgan fingerprint density at radius 2 is 2.25 bits per heavy atom. The van der Waals surface area contributed by atoms with Crippen LogP contribution in [0.5, 0.6) is 5.75 Å². The summed E-state index contributed by atoms with van der Waals surface area (Å²) in [6.45, 7) is 5.26. The van der Waals surface area contributed by atoms with Crippen LogP contribution in [0.15, 0.2) is 18.2 Å². The van der Waals surface area contributed by atoms with Crippen LogP contribution < -0.4 is 10.1 Å². The van der Waals surface area contributed by atoms with E-state index in [-0.39, 0.29) is 12.4 Å². The zero-order valence-corrected chi connectivity index (χ0v) is 9.66. The Bertz CT molecular complexity index is 331. The van der Waals surface area contributed by atoms with Gasteiger partial charge in [-0.05, 0) is 37.2 Å². The van der Waals surface area contributed by atoms with Crippen LogP contribution in [0.1, 0.15) is 12.5 Å². The van der Waals surface area contributed by atoms with Crippen molar-refractivity contribution in [2.24, 2.45) is 0 Å². The van der Waals surface area contributed by atoms with Crippen LogP contribution in [0.2, 0.25) is 0 Å². The third-order valence-corrected chi connectivity index (χ3v) is 2.20. The summed E-state index contributed by atoms with van der Waals surface area (Å²) < 4.78 is 18.2. The molecule has 0 aromatic heterocycles. The maximum atomic E-state index is 12.8. The lowest BCUT2D eigenvalue weighted by atomic mass is 10.2. The van der Waals surface area contributed by atoms with Gasteiger partial charge in [-0.2, -0.15) is 0 Å². The number of rotatable bonds is 6. The molecule has 1 aromatic rings. The monoisotopic (exact) mass is 227 g/mol. The Morgan fingerprint density at radius 3 is 2.88 bits per heavy atom. The first-order valence-corrected chi connectivity index (χ1v) is 5.41. The number of aryl methyl sites for hydroxylation is 1. The highest BCUT2D eigenvalue weighted by molar-refractivity contribution is 5.32. The number of aliphatic hydroxyl groups is 1. The minimum Gasteiger partial charge on any atom is -0.491 e. The summed E-state index contributed by atoms with van der Waals surface area (Å²) in [6.07, 6.45) is -0.551. The van der Waals surface area contributed by atoms with Gasteiger partial charge >= 0.3 is 0 Å². The van der Waals surface area contributed by atoms with E-state index in [1.807, 2.05) is 6.92 Å². The second-order valence-electron chi connectivity index (χ2n) is 3.68. The summed E-state index contributed by atoms with van der Waals surface area (Å²) in [5.41, 5.74) is 0.732. The van der Waals surface area contributed by atoms with Crippen LogP contribution in [-0.2, 0) is 0 Å². The molecule has 0 saturated heterocycles. The molecule has 1 aromatic carbocycles. The molecular formula is C12H18FNO2. The third-order valence-electron chi connectivity index (χ3n) is 2.20. The van der Waals surface area contributed by atoms with Gasteiger partial charge in [0.25, 0.3) is 0 Å². The van der Waals surface area contributed by atoms with Gasteiger partial charge in [0.1, 0.15) is 24.3 Å². The summed E-state index contributed by atoms with van der Waals surface area (Å²) in [5, 5.41) is 12.5. The molecule has 16 heavy (non-hydrogen) atoms. The smallest absolute Gasteiger partial charge is 0.123 e. The van der Waals surface area contributed by atoms with Gasteiger partial charge in [0.2, 0.25) is 0 Å². The Balaban J connectivity index is 2.42. The number of ether oxygens (including phenoxy) is 1. The van der Waals surface area contributed by atoms with Crippen molar-refractivity contribution in [3.63, 3.8) is 0 Å². The summed E-state index contributed by atoms with van der Waals surface area (Å²) in [4.78, 5) is 0. The van der Waals surface area contributed by atoms with E-state index >= 15 is 0 Å². The SMILES string of the molecule is CCNCC(O)COc1ccc(F)cc1C. The van der Waals surface area contributed by atoms with Gasteiger partial charge in [0.05, 0.1) is 0 Å². The largest absolute Gasteiger partial charge is 0.491 e. The second kappa shape index (κ2) is 6.45. The van der Waals surface area contributed by atoms with Crippen LogP contribution in [0.25, 0.3) is 0 Å². The zero-order chi connectivity index (χ0) is 12.0. The molecule has 0 radical (unpaired) electrons.